The number of alkyl halides is 2. The molecule has 1 atom stereocenters. The fourth-order valence-corrected chi connectivity index (χ4v) is 0.790. The Hall–Kier alpha value is 0.580. The topological polar surface area (TPSA) is 0 Å². The summed E-state index contributed by atoms with van der Waals surface area (Å²) in [6, 6.07) is 0. The Balaban J connectivity index is 2.83. The highest BCUT2D eigenvalue weighted by molar-refractivity contribution is 6.18. The van der Waals surface area contributed by atoms with Crippen molar-refractivity contribution in [1.82, 2.24) is 0 Å². The lowest BCUT2D eigenvalue weighted by molar-refractivity contribution is 0.637. The van der Waals surface area contributed by atoms with E-state index < -0.39 is 0 Å². The molecule has 0 unspecified atom stereocenters. The molecule has 0 aliphatic heterocycles. The normalized spacial score (nSPS) is 14.1. The summed E-state index contributed by atoms with van der Waals surface area (Å²) in [4.78, 5) is 0. The van der Waals surface area contributed by atoms with E-state index in [1.807, 2.05) is 0 Å². The van der Waals surface area contributed by atoms with Crippen LogP contribution in [0.5, 0.6) is 0 Å². The molecule has 2 heteroatoms. The minimum absolute atomic E-state index is 0.583. The summed E-state index contributed by atoms with van der Waals surface area (Å²) < 4.78 is 0. The van der Waals surface area contributed by atoms with Gasteiger partial charge in [0.1, 0.15) is 0 Å². The second-order valence-electron chi connectivity index (χ2n) is 1.74. The molecule has 44 valence electrons. The molecule has 0 aromatic carbocycles. The molecule has 0 saturated carbocycles. The second kappa shape index (κ2) is 4.73. The van der Waals surface area contributed by atoms with Gasteiger partial charge in [0.05, 0.1) is 0 Å². The number of hydrogen-bond donors (Lipinski definition) is 0. The van der Waals surface area contributed by atoms with Crippen molar-refractivity contribution in [1.29, 1.82) is 0 Å². The number of rotatable bonds is 3. The summed E-state index contributed by atoms with van der Waals surface area (Å²) in [6.07, 6.45) is 1.03. The van der Waals surface area contributed by atoms with Gasteiger partial charge in [0, 0.05) is 11.8 Å². The highest BCUT2D eigenvalue weighted by atomic mass is 35.5. The first-order valence-electron chi connectivity index (χ1n) is 2.43. The Morgan fingerprint density at radius 3 is 2.14 bits per heavy atom. The van der Waals surface area contributed by atoms with Gasteiger partial charge in [0.15, 0.2) is 0 Å². The molecule has 0 saturated heterocycles. The lowest BCUT2D eigenvalue weighted by Gasteiger charge is -2.00. The van der Waals surface area contributed by atoms with E-state index in [4.69, 9.17) is 23.2 Å². The fourth-order valence-electron chi connectivity index (χ4n) is 0.263. The van der Waals surface area contributed by atoms with Crippen LogP contribution < -0.4 is 0 Å². The third kappa shape index (κ3) is 4.43. The van der Waals surface area contributed by atoms with Gasteiger partial charge < -0.3 is 0 Å². The van der Waals surface area contributed by atoms with Gasteiger partial charge in [-0.15, -0.1) is 23.2 Å². The maximum Gasteiger partial charge on any atom is 0.0249 e. The van der Waals surface area contributed by atoms with Gasteiger partial charge in [-0.3, -0.25) is 0 Å². The molecule has 0 fully saturated rings. The minimum Gasteiger partial charge on any atom is -0.127 e. The molecular formula is C5H10Cl2. The van der Waals surface area contributed by atoms with Crippen molar-refractivity contribution in [2.24, 2.45) is 5.92 Å². The molecule has 0 spiro atoms. The van der Waals surface area contributed by atoms with Gasteiger partial charge in [0.2, 0.25) is 0 Å². The first-order chi connectivity index (χ1) is 3.31. The van der Waals surface area contributed by atoms with E-state index in [1.165, 1.54) is 0 Å². The van der Waals surface area contributed by atoms with Gasteiger partial charge in [-0.2, -0.15) is 0 Å². The van der Waals surface area contributed by atoms with E-state index in [1.54, 1.807) is 0 Å². The molecule has 0 amide bonds. The third-order valence-corrected chi connectivity index (χ3v) is 1.61. The smallest absolute Gasteiger partial charge is 0.0249 e. The first kappa shape index (κ1) is 7.58. The van der Waals surface area contributed by atoms with Crippen LogP contribution in [0.3, 0.4) is 0 Å². The SMILES string of the molecule is C[C@H](CCl)CCCl. The fraction of sp³-hybridized carbons (Fsp3) is 1.00. The lowest BCUT2D eigenvalue weighted by atomic mass is 10.2. The van der Waals surface area contributed by atoms with Crippen LogP contribution in [0.1, 0.15) is 13.3 Å². The molecule has 0 radical (unpaired) electrons. The minimum atomic E-state index is 0.583. The van der Waals surface area contributed by atoms with E-state index in [0.717, 1.165) is 18.2 Å². The summed E-state index contributed by atoms with van der Waals surface area (Å²) in [5.74, 6) is 2.04. The van der Waals surface area contributed by atoms with Crippen LogP contribution >= 0.6 is 23.2 Å². The van der Waals surface area contributed by atoms with Crippen molar-refractivity contribution in [3.05, 3.63) is 0 Å². The predicted molar refractivity (Wildman–Crippen MR) is 35.2 cm³/mol. The Labute approximate surface area is 54.8 Å². The highest BCUT2D eigenvalue weighted by Gasteiger charge is 1.95. The molecule has 0 aromatic rings. The van der Waals surface area contributed by atoms with Gasteiger partial charge in [-0.05, 0) is 12.3 Å². The summed E-state index contributed by atoms with van der Waals surface area (Å²) in [6.45, 7) is 2.09. The maximum absolute atomic E-state index is 5.47. The van der Waals surface area contributed by atoms with Gasteiger partial charge >= 0.3 is 0 Å². The Morgan fingerprint density at radius 1 is 1.43 bits per heavy atom. The lowest BCUT2D eigenvalue weighted by Crippen LogP contribution is -1.95. The predicted octanol–water partition coefficient (Wildman–Crippen LogP) is 2.49. The quantitative estimate of drug-likeness (QED) is 0.529. The van der Waals surface area contributed by atoms with Crippen molar-refractivity contribution in [2.75, 3.05) is 11.8 Å². The van der Waals surface area contributed by atoms with Crippen molar-refractivity contribution in [3.8, 4) is 0 Å². The number of hydrogen-bond acceptors (Lipinski definition) is 0. The molecule has 0 aliphatic carbocycles. The van der Waals surface area contributed by atoms with Crippen LogP contribution in [-0.2, 0) is 0 Å². The van der Waals surface area contributed by atoms with Crippen molar-refractivity contribution in [2.45, 2.75) is 13.3 Å². The molecule has 0 aromatic heterocycles. The van der Waals surface area contributed by atoms with Crippen molar-refractivity contribution < 1.29 is 0 Å². The Kier molecular flexibility index (Phi) is 5.12. The molecule has 0 aliphatic rings. The average Bonchev–Trinajstić information content (AvgIpc) is 1.68. The molecule has 0 heterocycles. The summed E-state index contributed by atoms with van der Waals surface area (Å²) >= 11 is 10.9. The van der Waals surface area contributed by atoms with E-state index in [-0.39, 0.29) is 0 Å². The van der Waals surface area contributed by atoms with Crippen LogP contribution in [0.25, 0.3) is 0 Å². The zero-order valence-corrected chi connectivity index (χ0v) is 5.97. The van der Waals surface area contributed by atoms with Crippen LogP contribution in [0.15, 0.2) is 0 Å². The zero-order chi connectivity index (χ0) is 5.70. The third-order valence-electron chi connectivity index (χ3n) is 0.865. The summed E-state index contributed by atoms with van der Waals surface area (Å²) in [5, 5.41) is 0. The van der Waals surface area contributed by atoms with Gasteiger partial charge in [-0.25, -0.2) is 0 Å². The molecule has 0 N–H and O–H groups in total. The van der Waals surface area contributed by atoms with Gasteiger partial charge in [0.25, 0.3) is 0 Å². The van der Waals surface area contributed by atoms with Crippen molar-refractivity contribution in [3.63, 3.8) is 0 Å². The van der Waals surface area contributed by atoms with Crippen LogP contribution in [0, 0.1) is 5.92 Å². The molecular weight excluding hydrogens is 131 g/mol. The van der Waals surface area contributed by atoms with Crippen LogP contribution in [-0.4, -0.2) is 11.8 Å². The maximum atomic E-state index is 5.47. The van der Waals surface area contributed by atoms with E-state index in [0.29, 0.717) is 5.92 Å². The Bertz CT molecular complexity index is 37.1. The van der Waals surface area contributed by atoms with E-state index >= 15 is 0 Å². The van der Waals surface area contributed by atoms with Crippen LogP contribution in [0.4, 0.5) is 0 Å². The summed E-state index contributed by atoms with van der Waals surface area (Å²) in [5.41, 5.74) is 0. The standard InChI is InChI=1S/C5H10Cl2/c1-5(4-7)2-3-6/h5H,2-4H2,1H3/t5-/m0/s1. The summed E-state index contributed by atoms with van der Waals surface area (Å²) in [7, 11) is 0. The van der Waals surface area contributed by atoms with E-state index in [2.05, 4.69) is 6.92 Å². The average molecular weight is 141 g/mol. The molecule has 0 nitrogen and oxygen atoms in total. The molecule has 0 rings (SSSR count). The Morgan fingerprint density at radius 2 is 2.00 bits per heavy atom. The second-order valence-corrected chi connectivity index (χ2v) is 2.42. The van der Waals surface area contributed by atoms with Gasteiger partial charge in [-0.1, -0.05) is 6.92 Å². The van der Waals surface area contributed by atoms with Crippen molar-refractivity contribution >= 4 is 23.2 Å². The largest absolute Gasteiger partial charge is 0.127 e. The molecule has 7 heavy (non-hydrogen) atoms. The monoisotopic (exact) mass is 140 g/mol. The molecule has 0 bridgehead atoms. The first-order valence-corrected chi connectivity index (χ1v) is 3.50. The number of halogens is 2. The highest BCUT2D eigenvalue weighted by Crippen LogP contribution is 2.03. The van der Waals surface area contributed by atoms with E-state index in [9.17, 15) is 0 Å². The van der Waals surface area contributed by atoms with Crippen LogP contribution in [0.2, 0.25) is 0 Å². The zero-order valence-electron chi connectivity index (χ0n) is 4.45.